The maximum Gasteiger partial charge on any atom is 0.339 e. The smallest absolute Gasteiger partial charge is 0.339 e. The van der Waals surface area contributed by atoms with Crippen molar-refractivity contribution in [2.24, 2.45) is 0 Å². The van der Waals surface area contributed by atoms with Gasteiger partial charge in [0.15, 0.2) is 18.1 Å². The number of methoxy groups -OCH3 is 1. The van der Waals surface area contributed by atoms with E-state index in [-0.39, 0.29) is 19.3 Å². The van der Waals surface area contributed by atoms with Gasteiger partial charge in [-0.3, -0.25) is 4.79 Å². The van der Waals surface area contributed by atoms with Gasteiger partial charge in [-0.2, -0.15) is 0 Å². The van der Waals surface area contributed by atoms with Crippen molar-refractivity contribution in [3.8, 4) is 17.2 Å². The minimum atomic E-state index is -0.550. The number of ether oxygens (including phenoxy) is 4. The predicted octanol–water partition coefficient (Wildman–Crippen LogP) is 3.78. The molecular weight excluding hydrogens is 398 g/mol. The van der Waals surface area contributed by atoms with Crippen LogP contribution in [0, 0.1) is 0 Å². The number of rotatable bonds is 7. The first-order valence-corrected chi connectivity index (χ1v) is 10.00. The highest BCUT2D eigenvalue weighted by Crippen LogP contribution is 2.33. The molecule has 1 aliphatic heterocycles. The van der Waals surface area contributed by atoms with E-state index >= 15 is 0 Å². The molecule has 1 aliphatic rings. The molecule has 31 heavy (non-hydrogen) atoms. The number of likely N-dealkylation sites (N-methyl/N-ethyl adjacent to an activating group) is 1. The van der Waals surface area contributed by atoms with Crippen molar-refractivity contribution in [2.75, 3.05) is 27.1 Å². The van der Waals surface area contributed by atoms with E-state index in [1.54, 1.807) is 24.1 Å². The van der Waals surface area contributed by atoms with Crippen molar-refractivity contribution >= 4 is 22.6 Å². The lowest BCUT2D eigenvalue weighted by Gasteiger charge is -2.21. The number of fused-ring (bicyclic) bond motifs is 2. The minimum absolute atomic E-state index is 0.200. The van der Waals surface area contributed by atoms with Gasteiger partial charge in [0.25, 0.3) is 5.91 Å². The summed E-state index contributed by atoms with van der Waals surface area (Å²) in [6.45, 7) is 2.61. The second kappa shape index (κ2) is 8.95. The maximum absolute atomic E-state index is 12.7. The zero-order valence-electron chi connectivity index (χ0n) is 17.4. The van der Waals surface area contributed by atoms with Crippen LogP contribution in [0.15, 0.2) is 54.6 Å². The number of nitrogens with zero attached hydrogens (tertiary/aromatic N) is 1. The average molecular weight is 421 g/mol. The van der Waals surface area contributed by atoms with Crippen LogP contribution in [0.25, 0.3) is 10.8 Å². The highest BCUT2D eigenvalue weighted by molar-refractivity contribution is 6.06. The molecule has 0 unspecified atom stereocenters. The van der Waals surface area contributed by atoms with E-state index < -0.39 is 5.97 Å². The van der Waals surface area contributed by atoms with E-state index in [0.717, 1.165) is 10.9 Å². The summed E-state index contributed by atoms with van der Waals surface area (Å²) in [5, 5.41) is 1.52. The summed E-state index contributed by atoms with van der Waals surface area (Å²) in [5.41, 5.74) is 1.30. The van der Waals surface area contributed by atoms with Crippen molar-refractivity contribution in [3.05, 3.63) is 65.7 Å². The summed E-state index contributed by atoms with van der Waals surface area (Å²) < 4.78 is 21.4. The van der Waals surface area contributed by atoms with Crippen LogP contribution in [0.2, 0.25) is 0 Å². The van der Waals surface area contributed by atoms with Gasteiger partial charge in [0.1, 0.15) is 5.75 Å². The van der Waals surface area contributed by atoms with Crippen LogP contribution in [-0.4, -0.2) is 43.8 Å². The third-order valence-corrected chi connectivity index (χ3v) is 5.20. The molecular formula is C24H23NO6. The van der Waals surface area contributed by atoms with Gasteiger partial charge in [0.2, 0.25) is 6.79 Å². The number of hydrogen-bond acceptors (Lipinski definition) is 6. The Morgan fingerprint density at radius 1 is 1.00 bits per heavy atom. The Bertz CT molecular complexity index is 1130. The van der Waals surface area contributed by atoms with Crippen LogP contribution >= 0.6 is 0 Å². The molecule has 160 valence electrons. The van der Waals surface area contributed by atoms with E-state index in [2.05, 4.69) is 0 Å². The molecule has 0 fully saturated rings. The molecule has 0 spiro atoms. The average Bonchev–Trinajstić information content (AvgIpc) is 3.28. The minimum Gasteiger partial charge on any atom is -0.496 e. The second-order valence-electron chi connectivity index (χ2n) is 7.03. The van der Waals surface area contributed by atoms with Gasteiger partial charge in [-0.05, 0) is 42.1 Å². The first kappa shape index (κ1) is 20.5. The predicted molar refractivity (Wildman–Crippen MR) is 114 cm³/mol. The van der Waals surface area contributed by atoms with Gasteiger partial charge < -0.3 is 23.8 Å². The lowest BCUT2D eigenvalue weighted by atomic mass is 10.0. The molecule has 0 atom stereocenters. The molecule has 0 N–H and O–H groups in total. The molecule has 3 aromatic carbocycles. The van der Waals surface area contributed by atoms with Gasteiger partial charge in [-0.1, -0.05) is 30.3 Å². The van der Waals surface area contributed by atoms with Gasteiger partial charge in [0, 0.05) is 18.5 Å². The molecule has 0 radical (unpaired) electrons. The summed E-state index contributed by atoms with van der Waals surface area (Å²) >= 11 is 0. The Kier molecular flexibility index (Phi) is 5.93. The topological polar surface area (TPSA) is 74.3 Å². The summed E-state index contributed by atoms with van der Waals surface area (Å²) in [4.78, 5) is 27.0. The molecule has 0 saturated heterocycles. The summed E-state index contributed by atoms with van der Waals surface area (Å²) in [6, 6.07) is 16.4. The van der Waals surface area contributed by atoms with Crippen LogP contribution in [0.4, 0.5) is 0 Å². The zero-order chi connectivity index (χ0) is 21.8. The second-order valence-corrected chi connectivity index (χ2v) is 7.03. The Morgan fingerprint density at radius 3 is 2.55 bits per heavy atom. The summed E-state index contributed by atoms with van der Waals surface area (Å²) in [6.07, 6.45) is 0. The van der Waals surface area contributed by atoms with E-state index in [1.807, 2.05) is 49.4 Å². The molecule has 3 aromatic rings. The lowest BCUT2D eigenvalue weighted by molar-refractivity contribution is -0.134. The molecule has 1 heterocycles. The Labute approximate surface area is 180 Å². The quantitative estimate of drug-likeness (QED) is 0.541. The number of carbonyl (C=O) groups is 2. The Balaban J connectivity index is 1.43. The summed E-state index contributed by atoms with van der Waals surface area (Å²) in [5.74, 6) is 1.21. The van der Waals surface area contributed by atoms with Gasteiger partial charge in [0.05, 0.1) is 12.7 Å². The number of carbonyl (C=O) groups excluding carboxylic acids is 2. The first-order valence-electron chi connectivity index (χ1n) is 10.00. The standard InChI is InChI=1S/C24H23NO6/c1-3-25(13-16-8-10-21-22(12-16)31-15-30-21)23(26)14-29-24(27)19-9-11-20(28-2)18-7-5-4-6-17(18)19/h4-12H,3,13-15H2,1-2H3. The van der Waals surface area contributed by atoms with Crippen molar-refractivity contribution in [1.82, 2.24) is 4.90 Å². The van der Waals surface area contributed by atoms with Crippen molar-refractivity contribution in [1.29, 1.82) is 0 Å². The SMILES string of the molecule is CCN(Cc1ccc2c(c1)OCO2)C(=O)COC(=O)c1ccc(OC)c2ccccc12. The number of hydrogen-bond donors (Lipinski definition) is 0. The molecule has 7 heteroatoms. The van der Waals surface area contributed by atoms with Crippen molar-refractivity contribution < 1.29 is 28.5 Å². The van der Waals surface area contributed by atoms with Crippen LogP contribution in [-0.2, 0) is 16.1 Å². The molecule has 0 saturated carbocycles. The molecule has 4 rings (SSSR count). The third-order valence-electron chi connectivity index (χ3n) is 5.20. The highest BCUT2D eigenvalue weighted by atomic mass is 16.7. The fraction of sp³-hybridized carbons (Fsp3) is 0.250. The van der Waals surface area contributed by atoms with Gasteiger partial charge >= 0.3 is 5.97 Å². The van der Waals surface area contributed by atoms with Crippen LogP contribution in [0.3, 0.4) is 0 Å². The van der Waals surface area contributed by atoms with Crippen LogP contribution in [0.5, 0.6) is 17.2 Å². The Hall–Kier alpha value is -3.74. The van der Waals surface area contributed by atoms with E-state index in [9.17, 15) is 9.59 Å². The number of amides is 1. The van der Waals surface area contributed by atoms with E-state index in [1.165, 1.54) is 0 Å². The molecule has 0 aliphatic carbocycles. The molecule has 0 bridgehead atoms. The fourth-order valence-electron chi connectivity index (χ4n) is 3.56. The maximum atomic E-state index is 12.7. The summed E-state index contributed by atoms with van der Waals surface area (Å²) in [7, 11) is 1.58. The van der Waals surface area contributed by atoms with Gasteiger partial charge in [-0.25, -0.2) is 4.79 Å². The molecule has 0 aromatic heterocycles. The largest absolute Gasteiger partial charge is 0.496 e. The number of benzene rings is 3. The zero-order valence-corrected chi connectivity index (χ0v) is 17.4. The molecule has 7 nitrogen and oxygen atoms in total. The lowest BCUT2D eigenvalue weighted by Crippen LogP contribution is -2.34. The molecule has 1 amide bonds. The van der Waals surface area contributed by atoms with Crippen LogP contribution < -0.4 is 14.2 Å². The van der Waals surface area contributed by atoms with Crippen molar-refractivity contribution in [3.63, 3.8) is 0 Å². The van der Waals surface area contributed by atoms with Crippen LogP contribution in [0.1, 0.15) is 22.8 Å². The van der Waals surface area contributed by atoms with E-state index in [0.29, 0.717) is 41.3 Å². The number of esters is 1. The monoisotopic (exact) mass is 421 g/mol. The van der Waals surface area contributed by atoms with Crippen molar-refractivity contribution in [2.45, 2.75) is 13.5 Å². The third kappa shape index (κ3) is 4.26. The normalized spacial score (nSPS) is 11.9. The fourth-order valence-corrected chi connectivity index (χ4v) is 3.56. The Morgan fingerprint density at radius 2 is 1.77 bits per heavy atom. The van der Waals surface area contributed by atoms with E-state index in [4.69, 9.17) is 18.9 Å². The van der Waals surface area contributed by atoms with Gasteiger partial charge in [-0.15, -0.1) is 0 Å². The first-order chi connectivity index (χ1) is 15.1. The highest BCUT2D eigenvalue weighted by Gasteiger charge is 2.19.